The van der Waals surface area contributed by atoms with E-state index in [1.54, 1.807) is 0 Å². The van der Waals surface area contributed by atoms with E-state index in [1.165, 1.54) is 5.56 Å². The third kappa shape index (κ3) is 3.21. The molecule has 22 heavy (non-hydrogen) atoms. The van der Waals surface area contributed by atoms with Crippen LogP contribution in [0.4, 0.5) is 0 Å². The van der Waals surface area contributed by atoms with Crippen LogP contribution >= 0.6 is 0 Å². The van der Waals surface area contributed by atoms with E-state index in [0.717, 1.165) is 16.9 Å². The Kier molecular flexibility index (Phi) is 4.27. The first kappa shape index (κ1) is 14.4. The highest BCUT2D eigenvalue weighted by molar-refractivity contribution is 5.45. The molecule has 0 radical (unpaired) electrons. The Bertz CT molecular complexity index is 689. The number of nitrogens with one attached hydrogen (secondary N) is 1. The molecule has 0 fully saturated rings. The van der Waals surface area contributed by atoms with E-state index in [2.05, 4.69) is 42.6 Å². The Morgan fingerprint density at radius 2 is 1.82 bits per heavy atom. The number of benzene rings is 2. The van der Waals surface area contributed by atoms with Gasteiger partial charge in [-0.25, -0.2) is 0 Å². The third-order valence-corrected chi connectivity index (χ3v) is 3.66. The second-order valence-corrected chi connectivity index (χ2v) is 5.33. The van der Waals surface area contributed by atoms with Gasteiger partial charge in [0.05, 0.1) is 6.07 Å². The molecule has 4 heteroatoms. The van der Waals surface area contributed by atoms with Gasteiger partial charge < -0.3 is 9.47 Å². The summed E-state index contributed by atoms with van der Waals surface area (Å²) in [6, 6.07) is 15.9. The molecule has 1 N–H and O–H groups in total. The van der Waals surface area contributed by atoms with Crippen LogP contribution in [0.1, 0.15) is 22.7 Å². The van der Waals surface area contributed by atoms with Crippen LogP contribution < -0.4 is 14.8 Å². The first-order valence-electron chi connectivity index (χ1n) is 7.34. The van der Waals surface area contributed by atoms with Crippen molar-refractivity contribution in [3.05, 3.63) is 59.2 Å². The van der Waals surface area contributed by atoms with Gasteiger partial charge in [-0.05, 0) is 30.2 Å². The fraction of sp³-hybridized carbons (Fsp3) is 0.278. The van der Waals surface area contributed by atoms with E-state index in [1.807, 2.05) is 18.2 Å². The Morgan fingerprint density at radius 1 is 1.09 bits per heavy atom. The Morgan fingerprint density at radius 3 is 2.55 bits per heavy atom. The summed E-state index contributed by atoms with van der Waals surface area (Å²) in [7, 11) is 0. The zero-order valence-electron chi connectivity index (χ0n) is 12.5. The van der Waals surface area contributed by atoms with Crippen LogP contribution in [-0.2, 0) is 6.54 Å². The predicted molar refractivity (Wildman–Crippen MR) is 83.8 cm³/mol. The molecule has 1 atom stereocenters. The van der Waals surface area contributed by atoms with E-state index in [9.17, 15) is 5.26 Å². The number of rotatable bonds is 4. The van der Waals surface area contributed by atoms with Gasteiger partial charge in [-0.1, -0.05) is 35.9 Å². The summed E-state index contributed by atoms with van der Waals surface area (Å²) in [6.07, 6.45) is 0. The van der Waals surface area contributed by atoms with Gasteiger partial charge >= 0.3 is 0 Å². The van der Waals surface area contributed by atoms with Crippen LogP contribution in [-0.4, -0.2) is 13.2 Å². The highest BCUT2D eigenvalue weighted by atomic mass is 16.6. The molecule has 0 saturated heterocycles. The molecule has 0 amide bonds. The number of aryl methyl sites for hydroxylation is 1. The molecule has 1 heterocycles. The molecule has 0 bridgehead atoms. The van der Waals surface area contributed by atoms with Gasteiger partial charge in [-0.15, -0.1) is 0 Å². The van der Waals surface area contributed by atoms with Crippen molar-refractivity contribution in [1.29, 1.82) is 5.26 Å². The van der Waals surface area contributed by atoms with Crippen molar-refractivity contribution < 1.29 is 9.47 Å². The Balaban J connectivity index is 1.71. The van der Waals surface area contributed by atoms with Crippen molar-refractivity contribution in [1.82, 2.24) is 5.32 Å². The van der Waals surface area contributed by atoms with Crippen molar-refractivity contribution in [2.75, 3.05) is 13.2 Å². The van der Waals surface area contributed by atoms with E-state index in [0.29, 0.717) is 25.5 Å². The minimum atomic E-state index is -0.378. The predicted octanol–water partition coefficient (Wildman–Crippen LogP) is 3.12. The van der Waals surface area contributed by atoms with Crippen LogP contribution in [0, 0.1) is 18.3 Å². The summed E-state index contributed by atoms with van der Waals surface area (Å²) >= 11 is 0. The molecular formula is C18H18N2O2. The van der Waals surface area contributed by atoms with Crippen molar-refractivity contribution in [3.8, 4) is 17.6 Å². The average Bonchev–Trinajstić information content (AvgIpc) is 2.57. The molecule has 2 aromatic carbocycles. The summed E-state index contributed by atoms with van der Waals surface area (Å²) < 4.78 is 11.1. The molecule has 0 saturated carbocycles. The molecule has 112 valence electrons. The topological polar surface area (TPSA) is 54.3 Å². The summed E-state index contributed by atoms with van der Waals surface area (Å²) in [6.45, 7) is 3.82. The first-order valence-corrected chi connectivity index (χ1v) is 7.34. The third-order valence-electron chi connectivity index (χ3n) is 3.66. The second-order valence-electron chi connectivity index (χ2n) is 5.33. The van der Waals surface area contributed by atoms with Gasteiger partial charge in [0.1, 0.15) is 19.3 Å². The van der Waals surface area contributed by atoms with E-state index >= 15 is 0 Å². The normalized spacial score (nSPS) is 14.2. The van der Waals surface area contributed by atoms with Gasteiger partial charge in [0.25, 0.3) is 0 Å². The zero-order chi connectivity index (χ0) is 15.4. The fourth-order valence-corrected chi connectivity index (χ4v) is 2.40. The number of hydrogen-bond acceptors (Lipinski definition) is 4. The van der Waals surface area contributed by atoms with E-state index in [4.69, 9.17) is 9.47 Å². The van der Waals surface area contributed by atoms with Crippen molar-refractivity contribution in [3.63, 3.8) is 0 Å². The lowest BCUT2D eigenvalue weighted by molar-refractivity contribution is 0.171. The molecule has 3 rings (SSSR count). The van der Waals surface area contributed by atoms with Gasteiger partial charge in [-0.3, -0.25) is 5.32 Å². The number of nitriles is 1. The quantitative estimate of drug-likeness (QED) is 0.941. The lowest BCUT2D eigenvalue weighted by Gasteiger charge is -2.20. The van der Waals surface area contributed by atoms with Gasteiger partial charge in [0.15, 0.2) is 11.5 Å². The lowest BCUT2D eigenvalue weighted by Crippen LogP contribution is -2.20. The smallest absolute Gasteiger partial charge is 0.161 e. The molecule has 2 aromatic rings. The number of nitrogens with zero attached hydrogens (tertiary/aromatic N) is 1. The van der Waals surface area contributed by atoms with E-state index in [-0.39, 0.29) is 6.04 Å². The van der Waals surface area contributed by atoms with Crippen molar-refractivity contribution in [2.45, 2.75) is 19.5 Å². The number of fused-ring (bicyclic) bond motifs is 1. The van der Waals surface area contributed by atoms with Gasteiger partial charge in [0.2, 0.25) is 0 Å². The van der Waals surface area contributed by atoms with Crippen LogP contribution in [0.3, 0.4) is 0 Å². The molecular weight excluding hydrogens is 276 g/mol. The number of hydrogen-bond donors (Lipinski definition) is 1. The van der Waals surface area contributed by atoms with E-state index < -0.39 is 0 Å². The van der Waals surface area contributed by atoms with Crippen LogP contribution in [0.2, 0.25) is 0 Å². The average molecular weight is 294 g/mol. The molecule has 1 aliphatic heterocycles. The molecule has 0 spiro atoms. The highest BCUT2D eigenvalue weighted by Crippen LogP contribution is 2.32. The summed E-state index contributed by atoms with van der Waals surface area (Å²) in [5.41, 5.74) is 3.27. The maximum atomic E-state index is 9.42. The molecule has 0 aliphatic carbocycles. The molecule has 1 unspecified atom stereocenters. The SMILES string of the molecule is Cc1ccc(CNC(C#N)c2ccc3c(c2)OCCO3)cc1. The fourth-order valence-electron chi connectivity index (χ4n) is 2.40. The van der Waals surface area contributed by atoms with Crippen LogP contribution in [0.5, 0.6) is 11.5 Å². The monoisotopic (exact) mass is 294 g/mol. The lowest BCUT2D eigenvalue weighted by atomic mass is 10.1. The van der Waals surface area contributed by atoms with Crippen molar-refractivity contribution >= 4 is 0 Å². The Labute approximate surface area is 130 Å². The first-order chi connectivity index (χ1) is 10.8. The van der Waals surface area contributed by atoms with Gasteiger partial charge in [-0.2, -0.15) is 5.26 Å². The maximum Gasteiger partial charge on any atom is 0.161 e. The molecule has 1 aliphatic rings. The summed E-state index contributed by atoms with van der Waals surface area (Å²) in [5.74, 6) is 1.45. The minimum absolute atomic E-state index is 0.378. The largest absolute Gasteiger partial charge is 0.486 e. The summed E-state index contributed by atoms with van der Waals surface area (Å²) in [5, 5.41) is 12.7. The maximum absolute atomic E-state index is 9.42. The Hall–Kier alpha value is -2.51. The molecule has 4 nitrogen and oxygen atoms in total. The van der Waals surface area contributed by atoms with Gasteiger partial charge in [0, 0.05) is 6.54 Å². The summed E-state index contributed by atoms with van der Waals surface area (Å²) in [4.78, 5) is 0. The minimum Gasteiger partial charge on any atom is -0.486 e. The number of ether oxygens (including phenoxy) is 2. The van der Waals surface area contributed by atoms with Crippen LogP contribution in [0.25, 0.3) is 0 Å². The molecule has 0 aromatic heterocycles. The van der Waals surface area contributed by atoms with Crippen LogP contribution in [0.15, 0.2) is 42.5 Å². The standard InChI is InChI=1S/C18H18N2O2/c1-13-2-4-14(5-3-13)12-20-16(11-19)15-6-7-17-18(10-15)22-9-8-21-17/h2-7,10,16,20H,8-9,12H2,1H3. The van der Waals surface area contributed by atoms with Crippen molar-refractivity contribution in [2.24, 2.45) is 0 Å². The zero-order valence-corrected chi connectivity index (χ0v) is 12.5. The highest BCUT2D eigenvalue weighted by Gasteiger charge is 2.16. The second kappa shape index (κ2) is 6.50.